The molecule has 0 aromatic heterocycles. The zero-order chi connectivity index (χ0) is 22.4. The van der Waals surface area contributed by atoms with Crippen LogP contribution in [0.15, 0.2) is 54.6 Å². The molecule has 0 N–H and O–H groups in total. The average Bonchev–Trinajstić information content (AvgIpc) is 3.07. The van der Waals surface area contributed by atoms with Crippen molar-refractivity contribution in [3.8, 4) is 0 Å². The minimum atomic E-state index is -0.295. The van der Waals surface area contributed by atoms with Crippen LogP contribution in [-0.2, 0) is 14.5 Å². The molecule has 2 bridgehead atoms. The fourth-order valence-electron chi connectivity index (χ4n) is 8.13. The van der Waals surface area contributed by atoms with Gasteiger partial charge in [-0.05, 0) is 89.5 Å². The van der Waals surface area contributed by atoms with Crippen molar-refractivity contribution in [1.29, 1.82) is 0 Å². The van der Waals surface area contributed by atoms with Crippen LogP contribution in [0.2, 0.25) is 0 Å². The normalized spacial score (nSPS) is 42.3. The highest BCUT2D eigenvalue weighted by molar-refractivity contribution is 6.09. The van der Waals surface area contributed by atoms with Gasteiger partial charge in [-0.3, -0.25) is 0 Å². The summed E-state index contributed by atoms with van der Waals surface area (Å²) in [6, 6.07) is 20.0. The highest BCUT2D eigenvalue weighted by Crippen LogP contribution is 2.63. The Morgan fingerprint density at radius 2 is 1.58 bits per heavy atom. The van der Waals surface area contributed by atoms with Gasteiger partial charge in [0.05, 0.1) is 12.2 Å². The van der Waals surface area contributed by atoms with Crippen LogP contribution in [-0.4, -0.2) is 17.3 Å². The second-order valence-electron chi connectivity index (χ2n) is 11.6. The van der Waals surface area contributed by atoms with Crippen LogP contribution < -0.4 is 0 Å². The number of hydrogen-bond acceptors (Lipinski definition) is 3. The molecular formula is C30H34O3. The summed E-state index contributed by atoms with van der Waals surface area (Å²) < 4.78 is 7.20. The second-order valence-corrected chi connectivity index (χ2v) is 11.6. The van der Waals surface area contributed by atoms with Gasteiger partial charge in [-0.2, -0.15) is 0 Å². The first-order valence-electron chi connectivity index (χ1n) is 12.9. The fraction of sp³-hybridized carbons (Fsp3) is 0.533. The lowest BCUT2D eigenvalue weighted by atomic mass is 9.55. The van der Waals surface area contributed by atoms with Crippen molar-refractivity contribution in [2.24, 2.45) is 23.7 Å². The maximum atomic E-state index is 7.20. The Bertz CT molecular complexity index is 1240. The first-order valence-corrected chi connectivity index (χ1v) is 12.9. The van der Waals surface area contributed by atoms with E-state index in [1.54, 1.807) is 0 Å². The van der Waals surface area contributed by atoms with Crippen LogP contribution in [0.3, 0.4) is 0 Å². The predicted octanol–water partition coefficient (Wildman–Crippen LogP) is 7.37. The predicted molar refractivity (Wildman–Crippen MR) is 131 cm³/mol. The maximum absolute atomic E-state index is 7.20. The molecule has 3 saturated heterocycles. The minimum absolute atomic E-state index is 0.0701. The summed E-state index contributed by atoms with van der Waals surface area (Å²) in [5.74, 6) is 1.99. The SMILES string of the molecule is CC1C(c2cc3ccccc3c3ccccc23)OC2C[C@]3(C)CCC4[C@H](C)CCC1[C@@]24OO3. The van der Waals surface area contributed by atoms with Crippen molar-refractivity contribution in [3.63, 3.8) is 0 Å². The van der Waals surface area contributed by atoms with Crippen molar-refractivity contribution in [1.82, 2.24) is 0 Å². The highest BCUT2D eigenvalue weighted by atomic mass is 17.2. The Labute approximate surface area is 196 Å². The number of ether oxygens (including phenoxy) is 1. The van der Waals surface area contributed by atoms with Crippen molar-refractivity contribution < 1.29 is 14.5 Å². The Balaban J connectivity index is 1.41. The van der Waals surface area contributed by atoms with E-state index in [0.717, 1.165) is 12.8 Å². The molecule has 1 spiro atoms. The number of hydrogen-bond donors (Lipinski definition) is 0. The van der Waals surface area contributed by atoms with Crippen LogP contribution in [0.1, 0.15) is 64.5 Å². The Kier molecular flexibility index (Phi) is 4.36. The summed E-state index contributed by atoms with van der Waals surface area (Å²) in [5.41, 5.74) is 0.803. The Morgan fingerprint density at radius 1 is 0.818 bits per heavy atom. The van der Waals surface area contributed by atoms with Gasteiger partial charge in [-0.25, -0.2) is 9.78 Å². The van der Waals surface area contributed by atoms with E-state index in [4.69, 9.17) is 14.5 Å². The summed E-state index contributed by atoms with van der Waals surface area (Å²) in [4.78, 5) is 12.7. The number of benzene rings is 3. The standard InChI is InChI=1S/C30H34O3/c1-18-12-13-26-19(2)28(31-27-17-29(3)15-14-25(18)30(26,27)33-32-29)24-16-20-8-4-5-9-21(20)22-10-6-7-11-23(22)24/h4-11,16,18-19,25-28H,12-15,17H2,1-3H3/t18-,19?,25?,26?,27?,28?,29+,30-/m1/s1. The van der Waals surface area contributed by atoms with Gasteiger partial charge < -0.3 is 4.74 Å². The molecule has 3 aromatic carbocycles. The summed E-state index contributed by atoms with van der Waals surface area (Å²) in [5, 5.41) is 5.27. The second kappa shape index (κ2) is 7.04. The molecule has 8 atom stereocenters. The molecule has 5 aliphatic rings. The molecule has 0 amide bonds. The van der Waals surface area contributed by atoms with Crippen LogP contribution >= 0.6 is 0 Å². The molecule has 8 rings (SSSR count). The van der Waals surface area contributed by atoms with Gasteiger partial charge in [-0.1, -0.05) is 62.4 Å². The first kappa shape index (κ1) is 20.4. The van der Waals surface area contributed by atoms with Gasteiger partial charge in [0.15, 0.2) is 0 Å². The highest BCUT2D eigenvalue weighted by Gasteiger charge is 2.68. The lowest BCUT2D eigenvalue weighted by Crippen LogP contribution is -2.68. The summed E-state index contributed by atoms with van der Waals surface area (Å²) in [6.45, 7) is 7.04. The molecule has 2 aliphatic carbocycles. The van der Waals surface area contributed by atoms with E-state index < -0.39 is 0 Å². The van der Waals surface area contributed by atoms with E-state index in [0.29, 0.717) is 23.7 Å². The summed E-state index contributed by atoms with van der Waals surface area (Å²) >= 11 is 0. The van der Waals surface area contributed by atoms with Crippen molar-refractivity contribution in [2.75, 3.05) is 0 Å². The van der Waals surface area contributed by atoms with E-state index in [-0.39, 0.29) is 23.4 Å². The lowest BCUT2D eigenvalue weighted by Gasteiger charge is -2.61. The Hall–Kier alpha value is -1.94. The van der Waals surface area contributed by atoms with Gasteiger partial charge in [0.2, 0.25) is 0 Å². The average molecular weight is 443 g/mol. The number of rotatable bonds is 1. The van der Waals surface area contributed by atoms with E-state index in [2.05, 4.69) is 75.4 Å². The largest absolute Gasteiger partial charge is 0.367 e. The molecule has 3 heteroatoms. The van der Waals surface area contributed by atoms with Gasteiger partial charge in [0, 0.05) is 6.42 Å². The van der Waals surface area contributed by atoms with Crippen LogP contribution in [0, 0.1) is 23.7 Å². The first-order chi connectivity index (χ1) is 16.0. The molecule has 172 valence electrons. The van der Waals surface area contributed by atoms with E-state index >= 15 is 0 Å². The third-order valence-corrected chi connectivity index (χ3v) is 9.80. The minimum Gasteiger partial charge on any atom is -0.367 e. The zero-order valence-electron chi connectivity index (χ0n) is 19.9. The van der Waals surface area contributed by atoms with Crippen LogP contribution in [0.5, 0.6) is 0 Å². The van der Waals surface area contributed by atoms with E-state index in [1.165, 1.54) is 46.4 Å². The van der Waals surface area contributed by atoms with E-state index in [1.807, 2.05) is 0 Å². The molecule has 5 unspecified atom stereocenters. The quantitative estimate of drug-likeness (QED) is 0.291. The molecule has 3 nitrogen and oxygen atoms in total. The topological polar surface area (TPSA) is 27.7 Å². The Morgan fingerprint density at radius 3 is 2.42 bits per heavy atom. The zero-order valence-corrected chi connectivity index (χ0v) is 19.9. The smallest absolute Gasteiger partial charge is 0.136 e. The number of fused-ring (bicyclic) bond motifs is 5. The van der Waals surface area contributed by atoms with Crippen molar-refractivity contribution in [2.45, 2.75) is 76.3 Å². The molecule has 2 saturated carbocycles. The lowest BCUT2D eigenvalue weighted by molar-refractivity contribution is -0.488. The van der Waals surface area contributed by atoms with Crippen molar-refractivity contribution >= 4 is 21.5 Å². The van der Waals surface area contributed by atoms with Gasteiger partial charge >= 0.3 is 0 Å². The maximum Gasteiger partial charge on any atom is 0.136 e. The molecule has 0 radical (unpaired) electrons. The van der Waals surface area contributed by atoms with E-state index in [9.17, 15) is 0 Å². The summed E-state index contributed by atoms with van der Waals surface area (Å²) in [7, 11) is 0. The molecule has 3 aromatic rings. The van der Waals surface area contributed by atoms with Crippen LogP contribution in [0.4, 0.5) is 0 Å². The van der Waals surface area contributed by atoms with Crippen LogP contribution in [0.25, 0.3) is 21.5 Å². The third kappa shape index (κ3) is 2.73. The van der Waals surface area contributed by atoms with Gasteiger partial charge in [-0.15, -0.1) is 0 Å². The van der Waals surface area contributed by atoms with Crippen molar-refractivity contribution in [3.05, 3.63) is 60.2 Å². The summed E-state index contributed by atoms with van der Waals surface area (Å²) in [6.07, 6.45) is 5.81. The monoisotopic (exact) mass is 442 g/mol. The van der Waals surface area contributed by atoms with Gasteiger partial charge in [0.1, 0.15) is 11.2 Å². The molecule has 33 heavy (non-hydrogen) atoms. The molecule has 3 aliphatic heterocycles. The molecular weight excluding hydrogens is 408 g/mol. The fourth-order valence-corrected chi connectivity index (χ4v) is 8.13. The molecule has 3 heterocycles. The molecule has 5 fully saturated rings. The third-order valence-electron chi connectivity index (χ3n) is 9.80. The van der Waals surface area contributed by atoms with Gasteiger partial charge in [0.25, 0.3) is 0 Å².